The summed E-state index contributed by atoms with van der Waals surface area (Å²) in [6.07, 6.45) is 24.7. The van der Waals surface area contributed by atoms with Crippen LogP contribution in [0.15, 0.2) is 0 Å². The van der Waals surface area contributed by atoms with E-state index in [1.807, 2.05) is 6.16 Å². The summed E-state index contributed by atoms with van der Waals surface area (Å²) in [4.78, 5) is 9.68. The molecule has 8 atom stereocenters. The van der Waals surface area contributed by atoms with Gasteiger partial charge in [-0.1, -0.05) is 0 Å². The van der Waals surface area contributed by atoms with E-state index in [1.165, 1.54) is 107 Å². The Morgan fingerprint density at radius 3 is 1.41 bits per heavy atom. The van der Waals surface area contributed by atoms with Gasteiger partial charge in [0.1, 0.15) is 0 Å². The fourth-order valence-corrected chi connectivity index (χ4v) is 128. The van der Waals surface area contributed by atoms with Crippen molar-refractivity contribution in [3.8, 4) is 0 Å². The van der Waals surface area contributed by atoms with E-state index < -0.39 is 6.51 Å². The number of fused-ring (bicyclic) bond motifs is 10. The second-order valence-corrected chi connectivity index (χ2v) is 53.5. The van der Waals surface area contributed by atoms with Crippen molar-refractivity contribution in [2.75, 3.05) is 19.3 Å². The molecule has 8 aliphatic carbocycles. The van der Waals surface area contributed by atoms with Crippen LogP contribution in [0.25, 0.3) is 0 Å². The predicted molar refractivity (Wildman–Crippen MR) is 202 cm³/mol. The number of rotatable bonds is 7. The molecule has 0 aromatic rings. The van der Waals surface area contributed by atoms with Crippen molar-refractivity contribution < 1.29 is 6.51 Å². The summed E-state index contributed by atoms with van der Waals surface area (Å²) >= 11 is 0. The Morgan fingerprint density at radius 1 is 0.633 bits per heavy atom. The van der Waals surface area contributed by atoms with Gasteiger partial charge in [0.15, 0.2) is 0 Å². The van der Waals surface area contributed by atoms with Crippen LogP contribution in [-0.4, -0.2) is 47.8 Å². The molecule has 8 bridgehead atoms. The van der Waals surface area contributed by atoms with Gasteiger partial charge in [0.05, 0.1) is 0 Å². The SMILES string of the molecule is CC(C)(C)[C]12[CH]3[C]4(CP(C5C6CC7CC(C6)CC5C7)C5C6CC7CC(C6)CC5C7)[C]5(C(P)(C6CCCN6)C6CCCN6)[CH]1[Fe]34251678[CH]2[CH]1[CH]6[CH]7[CH]28. The molecule has 0 aromatic heterocycles. The fraction of sp³-hybridized carbons (Fsp3) is 1.00. The summed E-state index contributed by atoms with van der Waals surface area (Å²) in [6.45, 7) is 7.18. The third-order valence-electron chi connectivity index (χ3n) is 29.8. The van der Waals surface area contributed by atoms with Crippen LogP contribution in [0.5, 0.6) is 0 Å². The number of hydrogen-bond donors (Lipinski definition) is 2. The van der Waals surface area contributed by atoms with Gasteiger partial charge >= 0.3 is 292 Å². The van der Waals surface area contributed by atoms with E-state index in [0.717, 1.165) is 48.7 Å². The van der Waals surface area contributed by atoms with Crippen LogP contribution in [-0.2, 0) is 6.51 Å². The van der Waals surface area contributed by atoms with E-state index in [2.05, 4.69) is 40.6 Å². The van der Waals surface area contributed by atoms with E-state index >= 15 is 0 Å². The van der Waals surface area contributed by atoms with Crippen LogP contribution in [0.2, 0.25) is 46.7 Å². The normalized spacial score (nSPS) is 83.3. The summed E-state index contributed by atoms with van der Waals surface area (Å²) < 4.78 is 2.76. The molecule has 49 heavy (non-hydrogen) atoms. The van der Waals surface area contributed by atoms with E-state index in [0.29, 0.717) is 10.6 Å². The zero-order chi connectivity index (χ0) is 31.8. The zero-order valence-electron chi connectivity index (χ0n) is 30.9. The van der Waals surface area contributed by atoms with Crippen LogP contribution in [0.1, 0.15) is 111 Å². The maximum atomic E-state index is 4.41. The zero-order valence-corrected chi connectivity index (χ0v) is 34.0. The first-order chi connectivity index (χ1) is 23.5. The molecule has 2 N–H and O–H groups in total. The molecule has 0 amide bonds. The van der Waals surface area contributed by atoms with Crippen molar-refractivity contribution in [1.82, 2.24) is 10.6 Å². The van der Waals surface area contributed by atoms with Gasteiger partial charge in [0.2, 0.25) is 0 Å². The third-order valence-corrected chi connectivity index (χ3v) is 80.2. The Labute approximate surface area is 290 Å². The van der Waals surface area contributed by atoms with Crippen LogP contribution in [0.4, 0.5) is 0 Å². The van der Waals surface area contributed by atoms with Crippen molar-refractivity contribution in [3.63, 3.8) is 0 Å². The molecule has 12 saturated heterocycles. The fourth-order valence-electron chi connectivity index (χ4n) is 33.6. The molecule has 12 aliphatic heterocycles. The molecule has 20 rings (SSSR count). The first kappa shape index (κ1) is 27.0. The Bertz CT molecular complexity index is 1990. The Kier molecular flexibility index (Phi) is 2.63. The summed E-state index contributed by atoms with van der Waals surface area (Å²) in [5.74, 6) is 9.30. The summed E-state index contributed by atoms with van der Waals surface area (Å²) in [5.41, 5.74) is 3.04. The Hall–Kier alpha value is 1.30. The first-order valence-electron chi connectivity index (χ1n) is 22.7. The van der Waals surface area contributed by atoms with Crippen molar-refractivity contribution >= 4 is 17.2 Å². The molecule has 1 spiro atoms. The van der Waals surface area contributed by atoms with Gasteiger partial charge in [-0.2, -0.15) is 0 Å². The number of hydrogen-bond acceptors (Lipinski definition) is 2. The molecule has 20 aliphatic rings. The molecule has 0 radical (unpaired) electrons. The van der Waals surface area contributed by atoms with Crippen LogP contribution in [0, 0.1) is 52.8 Å². The monoisotopic (exact) mass is 740 g/mol. The van der Waals surface area contributed by atoms with Crippen LogP contribution < -0.4 is 10.6 Å². The molecule has 12 heterocycles. The van der Waals surface area contributed by atoms with Gasteiger partial charge in [-0.15, -0.1) is 0 Å². The molecule has 0 aromatic carbocycles. The average Bonchev–Trinajstić information content (AvgIpc) is 3.84. The van der Waals surface area contributed by atoms with E-state index in [9.17, 15) is 0 Å². The van der Waals surface area contributed by atoms with Gasteiger partial charge in [-0.3, -0.25) is 0 Å². The minimum atomic E-state index is -4.08. The molecule has 2 nitrogen and oxygen atoms in total. The van der Waals surface area contributed by atoms with Gasteiger partial charge in [0.25, 0.3) is 0 Å². The van der Waals surface area contributed by atoms with Gasteiger partial charge in [-0.25, -0.2) is 0 Å². The Morgan fingerprint density at radius 2 is 1.06 bits per heavy atom. The van der Waals surface area contributed by atoms with Gasteiger partial charge < -0.3 is 0 Å². The van der Waals surface area contributed by atoms with E-state index in [-0.39, 0.29) is 7.92 Å². The molecule has 8 unspecified atom stereocenters. The average molecular weight is 741 g/mol. The second kappa shape index (κ2) is 4.77. The molecule has 20 fully saturated rings. The maximum absolute atomic E-state index is 4.41. The molecule has 5 heteroatoms. The molecular weight excluding hydrogens is 674 g/mol. The van der Waals surface area contributed by atoms with Gasteiger partial charge in [0, 0.05) is 0 Å². The van der Waals surface area contributed by atoms with Gasteiger partial charge in [-0.05, 0) is 0 Å². The van der Waals surface area contributed by atoms with Crippen molar-refractivity contribution in [2.45, 2.75) is 186 Å². The quantitative estimate of drug-likeness (QED) is 0.201. The van der Waals surface area contributed by atoms with Crippen molar-refractivity contribution in [2.24, 2.45) is 52.8 Å². The van der Waals surface area contributed by atoms with Crippen molar-refractivity contribution in [1.29, 1.82) is 0 Å². The Balaban J connectivity index is 0.903. The third kappa shape index (κ3) is 0.879. The topological polar surface area (TPSA) is 24.1 Å². The van der Waals surface area contributed by atoms with E-state index in [4.69, 9.17) is 0 Å². The summed E-state index contributed by atoms with van der Waals surface area (Å²) in [5, 5.41) is 9.30. The summed E-state index contributed by atoms with van der Waals surface area (Å²) in [7, 11) is 4.22. The second-order valence-electron chi connectivity index (χ2n) is 27.0. The van der Waals surface area contributed by atoms with Crippen LogP contribution >= 0.6 is 17.2 Å². The predicted octanol–water partition coefficient (Wildman–Crippen LogP) is 10.8. The summed E-state index contributed by atoms with van der Waals surface area (Å²) in [6, 6.07) is 1.60. The number of nitrogens with one attached hydrogen (secondary N) is 2. The van der Waals surface area contributed by atoms with Crippen LogP contribution in [0.3, 0.4) is 0 Å². The van der Waals surface area contributed by atoms with E-state index in [1.54, 1.807) is 64.2 Å². The molecule has 270 valence electrons. The van der Waals surface area contributed by atoms with Crippen molar-refractivity contribution in [3.05, 3.63) is 0 Å². The molecular formula is C44H66FeN2P2. The first-order valence-corrected chi connectivity index (χ1v) is 31.0. The molecule has 8 saturated carbocycles. The minimum absolute atomic E-state index is 0.157. The standard InChI is InChI=1S/C39H61N2P2.C5H5.Fe/c1-38(2,3)32-20-31(33(21-32)39(42,34-6-4-8-40-34)35-7-5-9-41-35)22-43(36-27-12-23-10-24(14-27)15-28(36)13-23)37-29-16-25-11-26(18-29)19-30(37)17-25;1-2-4-5-3-1;/h20-21,23-30,34-37,40-41H,4-19,22,42H2,1-3H3;1-5H;.